The SMILES string of the molecule is CN(C)c1ccc(C(=O)c2ccccc2)cc1.Nc1ccc(C(=O)c2ccccc2)cc1. The van der Waals surface area contributed by atoms with Gasteiger partial charge < -0.3 is 10.6 Å². The Morgan fingerprint density at radius 2 is 0.875 bits per heavy atom. The average Bonchev–Trinajstić information content (AvgIpc) is 2.85. The van der Waals surface area contributed by atoms with E-state index in [1.807, 2.05) is 91.8 Å². The van der Waals surface area contributed by atoms with Crippen molar-refractivity contribution in [2.24, 2.45) is 0 Å². The van der Waals surface area contributed by atoms with Gasteiger partial charge in [0.25, 0.3) is 0 Å². The summed E-state index contributed by atoms with van der Waals surface area (Å²) in [5, 5.41) is 0. The minimum atomic E-state index is 0.0237. The highest BCUT2D eigenvalue weighted by Crippen LogP contribution is 2.15. The van der Waals surface area contributed by atoms with E-state index in [1.165, 1.54) is 0 Å². The monoisotopic (exact) mass is 422 g/mol. The van der Waals surface area contributed by atoms with E-state index in [-0.39, 0.29) is 11.6 Å². The molecule has 0 spiro atoms. The number of hydrogen-bond acceptors (Lipinski definition) is 4. The van der Waals surface area contributed by atoms with E-state index < -0.39 is 0 Å². The minimum absolute atomic E-state index is 0.0237. The number of benzene rings is 4. The van der Waals surface area contributed by atoms with Crippen molar-refractivity contribution in [2.75, 3.05) is 24.7 Å². The lowest BCUT2D eigenvalue weighted by Gasteiger charge is -2.12. The molecule has 0 aliphatic carbocycles. The van der Waals surface area contributed by atoms with Crippen LogP contribution in [0.25, 0.3) is 0 Å². The molecule has 4 rings (SSSR count). The van der Waals surface area contributed by atoms with Crippen molar-refractivity contribution in [1.82, 2.24) is 0 Å². The Hall–Kier alpha value is -4.18. The van der Waals surface area contributed by atoms with Gasteiger partial charge in [-0.1, -0.05) is 60.7 Å². The van der Waals surface area contributed by atoms with Crippen molar-refractivity contribution >= 4 is 22.9 Å². The van der Waals surface area contributed by atoms with Crippen molar-refractivity contribution in [3.8, 4) is 0 Å². The maximum Gasteiger partial charge on any atom is 0.193 e. The van der Waals surface area contributed by atoms with Gasteiger partial charge in [0.05, 0.1) is 0 Å². The first-order chi connectivity index (χ1) is 15.5. The summed E-state index contributed by atoms with van der Waals surface area (Å²) in [5.41, 5.74) is 10.1. The largest absolute Gasteiger partial charge is 0.399 e. The molecule has 0 amide bonds. The molecule has 0 atom stereocenters. The lowest BCUT2D eigenvalue weighted by Crippen LogP contribution is -2.09. The maximum absolute atomic E-state index is 12.1. The van der Waals surface area contributed by atoms with E-state index in [2.05, 4.69) is 0 Å². The summed E-state index contributed by atoms with van der Waals surface area (Å²) in [6, 6.07) is 33.1. The Balaban J connectivity index is 0.000000182. The Kier molecular flexibility index (Phi) is 7.55. The molecule has 0 radical (unpaired) electrons. The molecular weight excluding hydrogens is 396 g/mol. The zero-order chi connectivity index (χ0) is 22.9. The zero-order valence-electron chi connectivity index (χ0n) is 18.2. The van der Waals surface area contributed by atoms with Crippen molar-refractivity contribution in [2.45, 2.75) is 0 Å². The highest BCUT2D eigenvalue weighted by molar-refractivity contribution is 6.09. The van der Waals surface area contributed by atoms with Gasteiger partial charge in [-0.25, -0.2) is 0 Å². The van der Waals surface area contributed by atoms with Gasteiger partial charge in [-0.2, -0.15) is 0 Å². The fourth-order valence-electron chi connectivity index (χ4n) is 3.06. The molecule has 0 bridgehead atoms. The Labute approximate surface area is 188 Å². The standard InChI is InChI=1S/C15H15NO.C13H11NO/c1-16(2)14-10-8-13(9-11-14)15(17)12-6-4-3-5-7-12;14-12-8-6-11(7-9-12)13(15)10-4-2-1-3-5-10/h3-11H,1-2H3;1-9H,14H2. The second-order valence-electron chi connectivity index (χ2n) is 7.45. The van der Waals surface area contributed by atoms with Crippen LogP contribution in [-0.4, -0.2) is 25.7 Å². The smallest absolute Gasteiger partial charge is 0.193 e. The number of nitrogens with two attached hydrogens (primary N) is 1. The zero-order valence-corrected chi connectivity index (χ0v) is 18.2. The summed E-state index contributed by atoms with van der Waals surface area (Å²) < 4.78 is 0. The van der Waals surface area contributed by atoms with Gasteiger partial charge in [-0.15, -0.1) is 0 Å². The van der Waals surface area contributed by atoms with E-state index in [9.17, 15) is 9.59 Å². The van der Waals surface area contributed by atoms with Crippen LogP contribution in [0.4, 0.5) is 11.4 Å². The molecule has 0 aliphatic heterocycles. The van der Waals surface area contributed by atoms with E-state index in [0.29, 0.717) is 16.8 Å². The van der Waals surface area contributed by atoms with Gasteiger partial charge in [-0.3, -0.25) is 9.59 Å². The molecule has 0 heterocycles. The maximum atomic E-state index is 12.1. The summed E-state index contributed by atoms with van der Waals surface area (Å²) in [7, 11) is 3.96. The van der Waals surface area contributed by atoms with Crippen LogP contribution in [0.1, 0.15) is 31.8 Å². The molecule has 0 saturated carbocycles. The number of ketones is 2. The predicted molar refractivity (Wildman–Crippen MR) is 131 cm³/mol. The first kappa shape index (κ1) is 22.5. The van der Waals surface area contributed by atoms with Gasteiger partial charge in [0.2, 0.25) is 0 Å². The minimum Gasteiger partial charge on any atom is -0.399 e. The highest BCUT2D eigenvalue weighted by atomic mass is 16.1. The van der Waals surface area contributed by atoms with Crippen LogP contribution in [0, 0.1) is 0 Å². The summed E-state index contributed by atoms with van der Waals surface area (Å²) in [6.07, 6.45) is 0. The van der Waals surface area contributed by atoms with Gasteiger partial charge >= 0.3 is 0 Å². The highest BCUT2D eigenvalue weighted by Gasteiger charge is 2.08. The van der Waals surface area contributed by atoms with Crippen molar-refractivity contribution in [1.29, 1.82) is 0 Å². The molecule has 4 aromatic carbocycles. The number of hydrogen-bond donors (Lipinski definition) is 1. The lowest BCUT2D eigenvalue weighted by atomic mass is 10.0. The first-order valence-electron chi connectivity index (χ1n) is 10.3. The fourth-order valence-corrected chi connectivity index (χ4v) is 3.06. The third kappa shape index (κ3) is 5.92. The quantitative estimate of drug-likeness (QED) is 0.341. The van der Waals surface area contributed by atoms with Crippen LogP contribution < -0.4 is 10.6 Å². The van der Waals surface area contributed by atoms with Crippen LogP contribution in [0.2, 0.25) is 0 Å². The van der Waals surface area contributed by atoms with Crippen LogP contribution in [0.5, 0.6) is 0 Å². The van der Waals surface area contributed by atoms with Crippen molar-refractivity contribution in [3.05, 3.63) is 131 Å². The molecule has 4 aromatic rings. The number of nitrogens with zero attached hydrogens (tertiary/aromatic N) is 1. The van der Waals surface area contributed by atoms with E-state index in [4.69, 9.17) is 5.73 Å². The number of rotatable bonds is 5. The van der Waals surface area contributed by atoms with Crippen molar-refractivity contribution in [3.63, 3.8) is 0 Å². The predicted octanol–water partition coefficient (Wildman–Crippen LogP) is 5.48. The molecule has 32 heavy (non-hydrogen) atoms. The number of nitrogen functional groups attached to an aromatic ring is 1. The lowest BCUT2D eigenvalue weighted by molar-refractivity contribution is 0.103. The summed E-state index contributed by atoms with van der Waals surface area (Å²) in [6.45, 7) is 0. The van der Waals surface area contributed by atoms with Crippen LogP contribution >= 0.6 is 0 Å². The third-order valence-electron chi connectivity index (χ3n) is 4.89. The fraction of sp³-hybridized carbons (Fsp3) is 0.0714. The summed E-state index contributed by atoms with van der Waals surface area (Å²) >= 11 is 0. The Bertz CT molecular complexity index is 1150. The third-order valence-corrected chi connectivity index (χ3v) is 4.89. The number of carbonyl (C=O) groups is 2. The van der Waals surface area contributed by atoms with Gasteiger partial charge in [0.1, 0.15) is 0 Å². The molecule has 0 aromatic heterocycles. The molecule has 4 heteroatoms. The normalized spacial score (nSPS) is 9.94. The molecule has 2 N–H and O–H groups in total. The molecule has 0 saturated heterocycles. The molecule has 160 valence electrons. The second-order valence-corrected chi connectivity index (χ2v) is 7.45. The number of carbonyl (C=O) groups excluding carboxylic acids is 2. The van der Waals surface area contributed by atoms with Crippen molar-refractivity contribution < 1.29 is 9.59 Å². The van der Waals surface area contributed by atoms with Crippen LogP contribution in [0.15, 0.2) is 109 Å². The Morgan fingerprint density at radius 1 is 0.531 bits per heavy atom. The van der Waals surface area contributed by atoms with E-state index in [0.717, 1.165) is 16.8 Å². The molecule has 0 fully saturated rings. The average molecular weight is 423 g/mol. The summed E-state index contributed by atoms with van der Waals surface area (Å²) in [4.78, 5) is 26.0. The summed E-state index contributed by atoms with van der Waals surface area (Å²) in [5.74, 6) is 0.0894. The van der Waals surface area contributed by atoms with E-state index >= 15 is 0 Å². The van der Waals surface area contributed by atoms with E-state index in [1.54, 1.807) is 36.4 Å². The molecule has 0 aliphatic rings. The molecule has 4 nitrogen and oxygen atoms in total. The molecular formula is C28H26N2O2. The van der Waals surface area contributed by atoms with Crippen LogP contribution in [-0.2, 0) is 0 Å². The molecule has 0 unspecified atom stereocenters. The van der Waals surface area contributed by atoms with Gasteiger partial charge in [-0.05, 0) is 48.5 Å². The second kappa shape index (κ2) is 10.7. The first-order valence-corrected chi connectivity index (χ1v) is 10.3. The van der Waals surface area contributed by atoms with Gasteiger partial charge in [0.15, 0.2) is 11.6 Å². The van der Waals surface area contributed by atoms with Crippen LogP contribution in [0.3, 0.4) is 0 Å². The topological polar surface area (TPSA) is 63.4 Å². The van der Waals surface area contributed by atoms with Gasteiger partial charge in [0, 0.05) is 47.7 Å². The number of anilines is 2. The Morgan fingerprint density at radius 3 is 1.25 bits per heavy atom.